The molecule has 21 heavy (non-hydrogen) atoms. The van der Waals surface area contributed by atoms with Crippen molar-refractivity contribution < 1.29 is 9.84 Å². The molecule has 1 aliphatic heterocycles. The van der Waals surface area contributed by atoms with E-state index in [1.807, 2.05) is 25.2 Å². The lowest BCUT2D eigenvalue weighted by Crippen LogP contribution is -2.48. The molecule has 1 heterocycles. The van der Waals surface area contributed by atoms with E-state index in [1.54, 1.807) is 0 Å². The van der Waals surface area contributed by atoms with E-state index in [-0.39, 0.29) is 24.9 Å². The minimum absolute atomic E-state index is 0.0621. The fourth-order valence-electron chi connectivity index (χ4n) is 2.94. The molecule has 0 radical (unpaired) electrons. The highest BCUT2D eigenvalue weighted by Gasteiger charge is 2.25. The zero-order valence-corrected chi connectivity index (χ0v) is 13.5. The zero-order valence-electron chi connectivity index (χ0n) is 12.8. The molecule has 0 spiro atoms. The number of rotatable bonds is 6. The van der Waals surface area contributed by atoms with Crippen molar-refractivity contribution in [2.24, 2.45) is 0 Å². The van der Waals surface area contributed by atoms with Crippen molar-refractivity contribution in [3.63, 3.8) is 0 Å². The van der Waals surface area contributed by atoms with Crippen LogP contribution in [0.15, 0.2) is 24.3 Å². The number of aliphatic hydroxyl groups is 1. The van der Waals surface area contributed by atoms with Crippen molar-refractivity contribution in [1.29, 1.82) is 0 Å². The van der Waals surface area contributed by atoms with Crippen LogP contribution in [-0.4, -0.2) is 55.5 Å². The van der Waals surface area contributed by atoms with E-state index in [4.69, 9.17) is 16.3 Å². The Kier molecular flexibility index (Phi) is 6.45. The molecule has 0 aliphatic carbocycles. The average Bonchev–Trinajstić information content (AvgIpc) is 2.47. The minimum Gasteiger partial charge on any atom is -0.394 e. The van der Waals surface area contributed by atoms with Gasteiger partial charge in [0.05, 0.1) is 18.8 Å². The molecule has 0 amide bonds. The standard InChI is InChI=1S/C16H25ClN2O2/c1-12-9-19(10-15(11-20)21-12)7-6-16(18-2)13-4-3-5-14(17)8-13/h3-5,8,12,15-16,18,20H,6-7,9-11H2,1-2H3. The van der Waals surface area contributed by atoms with Gasteiger partial charge in [0.25, 0.3) is 0 Å². The van der Waals surface area contributed by atoms with Crippen molar-refractivity contribution in [2.45, 2.75) is 31.6 Å². The summed E-state index contributed by atoms with van der Waals surface area (Å²) in [5, 5.41) is 13.4. The summed E-state index contributed by atoms with van der Waals surface area (Å²) in [6.07, 6.45) is 1.12. The maximum atomic E-state index is 9.28. The molecule has 1 aromatic rings. The van der Waals surface area contributed by atoms with E-state index in [0.29, 0.717) is 0 Å². The van der Waals surface area contributed by atoms with Gasteiger partial charge in [0.1, 0.15) is 0 Å². The number of hydrogen-bond donors (Lipinski definition) is 2. The van der Waals surface area contributed by atoms with Crippen LogP contribution in [0.25, 0.3) is 0 Å². The fourth-order valence-corrected chi connectivity index (χ4v) is 3.14. The second-order valence-corrected chi connectivity index (χ2v) is 6.13. The van der Waals surface area contributed by atoms with Crippen LogP contribution in [0, 0.1) is 0 Å². The molecule has 1 aromatic carbocycles. The third-order valence-corrected chi connectivity index (χ3v) is 4.17. The van der Waals surface area contributed by atoms with Crippen LogP contribution >= 0.6 is 11.6 Å². The van der Waals surface area contributed by atoms with Gasteiger partial charge in [-0.25, -0.2) is 0 Å². The molecule has 3 atom stereocenters. The molecule has 5 heteroatoms. The normalized spacial score (nSPS) is 25.0. The van der Waals surface area contributed by atoms with Crippen LogP contribution in [0.3, 0.4) is 0 Å². The Morgan fingerprint density at radius 3 is 2.95 bits per heavy atom. The van der Waals surface area contributed by atoms with E-state index in [1.165, 1.54) is 5.56 Å². The number of aliphatic hydroxyl groups excluding tert-OH is 1. The number of hydrogen-bond acceptors (Lipinski definition) is 4. The quantitative estimate of drug-likeness (QED) is 0.844. The number of nitrogens with zero attached hydrogens (tertiary/aromatic N) is 1. The smallest absolute Gasteiger partial charge is 0.0936 e. The summed E-state index contributed by atoms with van der Waals surface area (Å²) in [5.41, 5.74) is 1.21. The van der Waals surface area contributed by atoms with Gasteiger partial charge >= 0.3 is 0 Å². The predicted octanol–water partition coefficient (Wildman–Crippen LogP) is 2.07. The lowest BCUT2D eigenvalue weighted by Gasteiger charge is -2.36. The number of morpholine rings is 1. The van der Waals surface area contributed by atoms with Crippen molar-refractivity contribution in [1.82, 2.24) is 10.2 Å². The summed E-state index contributed by atoms with van der Waals surface area (Å²) in [6, 6.07) is 8.29. The summed E-state index contributed by atoms with van der Waals surface area (Å²) in [4.78, 5) is 2.37. The summed E-state index contributed by atoms with van der Waals surface area (Å²) < 4.78 is 5.67. The molecule has 0 aromatic heterocycles. The number of halogens is 1. The summed E-state index contributed by atoms with van der Waals surface area (Å²) in [5.74, 6) is 0. The second-order valence-electron chi connectivity index (χ2n) is 5.70. The first-order valence-electron chi connectivity index (χ1n) is 7.53. The van der Waals surface area contributed by atoms with Crippen LogP contribution in [-0.2, 0) is 4.74 Å². The average molecular weight is 313 g/mol. The van der Waals surface area contributed by atoms with Gasteiger partial charge in [-0.1, -0.05) is 23.7 Å². The number of nitrogens with one attached hydrogen (secondary N) is 1. The number of benzene rings is 1. The third-order valence-electron chi connectivity index (χ3n) is 3.94. The van der Waals surface area contributed by atoms with Gasteiger partial charge in [0.2, 0.25) is 0 Å². The largest absolute Gasteiger partial charge is 0.394 e. The molecule has 1 aliphatic rings. The molecular formula is C16H25ClN2O2. The van der Waals surface area contributed by atoms with Gasteiger partial charge in [-0.15, -0.1) is 0 Å². The van der Waals surface area contributed by atoms with Crippen molar-refractivity contribution in [2.75, 3.05) is 33.3 Å². The van der Waals surface area contributed by atoms with Crippen LogP contribution in [0.1, 0.15) is 24.9 Å². The Balaban J connectivity index is 1.91. The highest BCUT2D eigenvalue weighted by Crippen LogP contribution is 2.21. The van der Waals surface area contributed by atoms with Crippen LogP contribution in [0.2, 0.25) is 5.02 Å². The highest BCUT2D eigenvalue weighted by atomic mass is 35.5. The number of ether oxygens (including phenoxy) is 1. The zero-order chi connectivity index (χ0) is 15.2. The fraction of sp³-hybridized carbons (Fsp3) is 0.625. The lowest BCUT2D eigenvalue weighted by molar-refractivity contribution is -0.0955. The van der Waals surface area contributed by atoms with E-state index in [2.05, 4.69) is 23.2 Å². The van der Waals surface area contributed by atoms with E-state index in [0.717, 1.165) is 31.1 Å². The Morgan fingerprint density at radius 1 is 1.48 bits per heavy atom. The lowest BCUT2D eigenvalue weighted by atomic mass is 10.0. The second kappa shape index (κ2) is 8.11. The van der Waals surface area contributed by atoms with Gasteiger partial charge in [0.15, 0.2) is 0 Å². The molecule has 1 fully saturated rings. The summed E-state index contributed by atoms with van der Waals surface area (Å²) in [7, 11) is 1.98. The first-order chi connectivity index (χ1) is 10.1. The summed E-state index contributed by atoms with van der Waals surface area (Å²) >= 11 is 6.07. The Hall–Kier alpha value is -0.650. The molecular weight excluding hydrogens is 288 g/mol. The van der Waals surface area contributed by atoms with Crippen LogP contribution in [0.5, 0.6) is 0 Å². The molecule has 1 saturated heterocycles. The predicted molar refractivity (Wildman–Crippen MR) is 85.7 cm³/mol. The Labute approximate surface area is 132 Å². The van der Waals surface area contributed by atoms with Gasteiger partial charge in [0, 0.05) is 30.7 Å². The topological polar surface area (TPSA) is 44.7 Å². The SMILES string of the molecule is CNC(CCN1CC(C)OC(CO)C1)c1cccc(Cl)c1. The van der Waals surface area contributed by atoms with Gasteiger partial charge in [-0.3, -0.25) is 4.90 Å². The van der Waals surface area contributed by atoms with Crippen molar-refractivity contribution in [3.05, 3.63) is 34.9 Å². The van der Waals surface area contributed by atoms with Crippen LogP contribution < -0.4 is 5.32 Å². The maximum Gasteiger partial charge on any atom is 0.0936 e. The molecule has 118 valence electrons. The monoisotopic (exact) mass is 312 g/mol. The van der Waals surface area contributed by atoms with Gasteiger partial charge in [-0.2, -0.15) is 0 Å². The van der Waals surface area contributed by atoms with Crippen molar-refractivity contribution in [3.8, 4) is 0 Å². The third kappa shape index (κ3) is 4.94. The van der Waals surface area contributed by atoms with E-state index >= 15 is 0 Å². The maximum absolute atomic E-state index is 9.28. The Bertz CT molecular complexity index is 444. The molecule has 0 saturated carbocycles. The molecule has 3 unspecified atom stereocenters. The van der Waals surface area contributed by atoms with E-state index in [9.17, 15) is 5.11 Å². The van der Waals surface area contributed by atoms with E-state index < -0.39 is 0 Å². The Morgan fingerprint density at radius 2 is 2.29 bits per heavy atom. The summed E-state index contributed by atoms with van der Waals surface area (Å²) in [6.45, 7) is 4.84. The first kappa shape index (κ1) is 16.7. The highest BCUT2D eigenvalue weighted by molar-refractivity contribution is 6.30. The minimum atomic E-state index is -0.0621. The van der Waals surface area contributed by atoms with Gasteiger partial charge in [-0.05, 0) is 38.1 Å². The molecule has 2 N–H and O–H groups in total. The van der Waals surface area contributed by atoms with Gasteiger partial charge < -0.3 is 15.2 Å². The first-order valence-corrected chi connectivity index (χ1v) is 7.91. The molecule has 2 rings (SSSR count). The van der Waals surface area contributed by atoms with Crippen molar-refractivity contribution >= 4 is 11.6 Å². The van der Waals surface area contributed by atoms with Crippen LogP contribution in [0.4, 0.5) is 0 Å². The molecule has 0 bridgehead atoms. The molecule has 4 nitrogen and oxygen atoms in total.